The molecule has 1 saturated heterocycles. The fraction of sp³-hybridized carbons (Fsp3) is 0.278. The lowest BCUT2D eigenvalue weighted by Gasteiger charge is -2.36. The number of nitrogens with zero attached hydrogens (tertiary/aromatic N) is 5. The van der Waals surface area contributed by atoms with E-state index in [1.54, 1.807) is 12.4 Å². The van der Waals surface area contributed by atoms with Gasteiger partial charge in [0, 0.05) is 44.0 Å². The summed E-state index contributed by atoms with van der Waals surface area (Å²) in [6.45, 7) is 5.01. The zero-order chi connectivity index (χ0) is 16.5. The van der Waals surface area contributed by atoms with E-state index in [1.807, 2.05) is 52.7 Å². The van der Waals surface area contributed by atoms with Gasteiger partial charge in [-0.25, -0.2) is 4.98 Å². The highest BCUT2D eigenvalue weighted by molar-refractivity contribution is 5.94. The fourth-order valence-corrected chi connectivity index (χ4v) is 3.08. The summed E-state index contributed by atoms with van der Waals surface area (Å²) in [7, 11) is 0. The Bertz CT molecular complexity index is 863. The average molecular weight is 321 g/mol. The van der Waals surface area contributed by atoms with E-state index in [1.165, 1.54) is 0 Å². The first-order valence-corrected chi connectivity index (χ1v) is 8.12. The largest absolute Gasteiger partial charge is 0.353 e. The summed E-state index contributed by atoms with van der Waals surface area (Å²) < 4.78 is 1.84. The second-order valence-corrected chi connectivity index (χ2v) is 6.05. The van der Waals surface area contributed by atoms with E-state index in [9.17, 15) is 4.79 Å². The van der Waals surface area contributed by atoms with E-state index in [4.69, 9.17) is 0 Å². The van der Waals surface area contributed by atoms with Gasteiger partial charge in [-0.2, -0.15) is 9.61 Å². The maximum Gasteiger partial charge on any atom is 0.253 e. The molecule has 1 amide bonds. The number of hydrogen-bond acceptors (Lipinski definition) is 4. The molecule has 6 heteroatoms. The van der Waals surface area contributed by atoms with Gasteiger partial charge in [0.25, 0.3) is 5.91 Å². The number of amides is 1. The summed E-state index contributed by atoms with van der Waals surface area (Å²) in [5.41, 5.74) is 2.76. The lowest BCUT2D eigenvalue weighted by atomic mass is 10.1. The van der Waals surface area contributed by atoms with Crippen LogP contribution in [0.3, 0.4) is 0 Å². The van der Waals surface area contributed by atoms with Gasteiger partial charge in [-0.05, 0) is 25.1 Å². The van der Waals surface area contributed by atoms with Crippen LogP contribution in [0.4, 0.5) is 5.82 Å². The van der Waals surface area contributed by atoms with Gasteiger partial charge in [0.1, 0.15) is 5.82 Å². The van der Waals surface area contributed by atoms with Crippen LogP contribution in [-0.2, 0) is 0 Å². The van der Waals surface area contributed by atoms with E-state index in [0.29, 0.717) is 13.1 Å². The lowest BCUT2D eigenvalue weighted by molar-refractivity contribution is 0.0746. The van der Waals surface area contributed by atoms with Crippen molar-refractivity contribution in [2.75, 3.05) is 31.1 Å². The molecule has 0 N–H and O–H groups in total. The van der Waals surface area contributed by atoms with Crippen LogP contribution in [0.1, 0.15) is 15.9 Å². The quantitative estimate of drug-likeness (QED) is 0.724. The maximum absolute atomic E-state index is 12.6. The minimum atomic E-state index is 0.105. The smallest absolute Gasteiger partial charge is 0.253 e. The number of rotatable bonds is 2. The number of hydrogen-bond donors (Lipinski definition) is 0. The van der Waals surface area contributed by atoms with Crippen molar-refractivity contribution < 1.29 is 4.79 Å². The van der Waals surface area contributed by atoms with Gasteiger partial charge >= 0.3 is 0 Å². The van der Waals surface area contributed by atoms with Crippen LogP contribution in [0.5, 0.6) is 0 Å². The van der Waals surface area contributed by atoms with Crippen LogP contribution in [0.15, 0.2) is 48.8 Å². The number of carbonyl (C=O) groups excluding carboxylic acids is 1. The summed E-state index contributed by atoms with van der Waals surface area (Å²) in [5, 5.41) is 4.34. The molecule has 3 aromatic rings. The summed E-state index contributed by atoms with van der Waals surface area (Å²) in [5.74, 6) is 1.13. The lowest BCUT2D eigenvalue weighted by Crippen LogP contribution is -2.49. The second-order valence-electron chi connectivity index (χ2n) is 6.05. The van der Waals surface area contributed by atoms with Gasteiger partial charge in [0.2, 0.25) is 0 Å². The molecule has 0 unspecified atom stereocenters. The monoisotopic (exact) mass is 321 g/mol. The molecule has 1 aromatic carbocycles. The molecule has 24 heavy (non-hydrogen) atoms. The number of benzene rings is 1. The Kier molecular flexibility index (Phi) is 3.65. The fourth-order valence-electron chi connectivity index (χ4n) is 3.08. The normalized spacial score (nSPS) is 15.0. The first-order chi connectivity index (χ1) is 11.7. The second kappa shape index (κ2) is 5.96. The van der Waals surface area contributed by atoms with Crippen LogP contribution >= 0.6 is 0 Å². The number of aromatic nitrogens is 3. The van der Waals surface area contributed by atoms with Gasteiger partial charge in [-0.15, -0.1) is 0 Å². The first kappa shape index (κ1) is 14.7. The molecular weight excluding hydrogens is 302 g/mol. The number of piperazine rings is 1. The Balaban J connectivity index is 1.48. The molecule has 1 aliphatic heterocycles. The van der Waals surface area contributed by atoms with E-state index in [2.05, 4.69) is 15.0 Å². The van der Waals surface area contributed by atoms with Crippen LogP contribution in [0.2, 0.25) is 0 Å². The molecule has 4 rings (SSSR count). The standard InChI is InChI=1S/C18H19N5O/c1-14-2-4-15(5-3-14)18(24)22-12-10-21(11-13-22)17-7-8-19-16-6-9-20-23(16)17/h2-9H,10-13H2,1H3. The minimum absolute atomic E-state index is 0.105. The number of aryl methyl sites for hydroxylation is 1. The van der Waals surface area contributed by atoms with Gasteiger partial charge in [-0.1, -0.05) is 17.7 Å². The summed E-state index contributed by atoms with van der Waals surface area (Å²) in [4.78, 5) is 21.1. The van der Waals surface area contributed by atoms with Gasteiger partial charge < -0.3 is 9.80 Å². The maximum atomic E-state index is 12.6. The highest BCUT2D eigenvalue weighted by atomic mass is 16.2. The molecule has 0 aliphatic carbocycles. The van der Waals surface area contributed by atoms with Crippen molar-refractivity contribution in [1.82, 2.24) is 19.5 Å². The third kappa shape index (κ3) is 2.60. The Morgan fingerprint density at radius 1 is 0.958 bits per heavy atom. The van der Waals surface area contributed by atoms with E-state index < -0.39 is 0 Å². The van der Waals surface area contributed by atoms with Crippen LogP contribution < -0.4 is 4.90 Å². The molecule has 0 spiro atoms. The topological polar surface area (TPSA) is 53.7 Å². The molecule has 1 aliphatic rings. The van der Waals surface area contributed by atoms with Gasteiger partial charge in [-0.3, -0.25) is 4.79 Å². The Labute approximate surface area is 140 Å². The molecule has 0 atom stereocenters. The number of fused-ring (bicyclic) bond motifs is 1. The van der Waals surface area contributed by atoms with Crippen molar-refractivity contribution in [1.29, 1.82) is 0 Å². The molecule has 1 fully saturated rings. The molecule has 0 bridgehead atoms. The van der Waals surface area contributed by atoms with E-state index in [-0.39, 0.29) is 5.91 Å². The highest BCUT2D eigenvalue weighted by Crippen LogP contribution is 2.18. The SMILES string of the molecule is Cc1ccc(C(=O)N2CCN(c3ccnc4ccnn34)CC2)cc1. The van der Waals surface area contributed by atoms with Crippen molar-refractivity contribution in [2.24, 2.45) is 0 Å². The number of carbonyl (C=O) groups is 1. The minimum Gasteiger partial charge on any atom is -0.353 e. The predicted molar refractivity (Wildman–Crippen MR) is 92.3 cm³/mol. The van der Waals surface area contributed by atoms with Crippen LogP contribution in [0, 0.1) is 6.92 Å². The molecule has 122 valence electrons. The van der Waals surface area contributed by atoms with Crippen molar-refractivity contribution in [2.45, 2.75) is 6.92 Å². The Morgan fingerprint density at radius 2 is 1.71 bits per heavy atom. The molecule has 0 radical (unpaired) electrons. The van der Waals surface area contributed by atoms with Gasteiger partial charge in [0.05, 0.1) is 6.20 Å². The van der Waals surface area contributed by atoms with Crippen molar-refractivity contribution >= 4 is 17.4 Å². The zero-order valence-corrected chi connectivity index (χ0v) is 13.6. The van der Waals surface area contributed by atoms with E-state index >= 15 is 0 Å². The molecule has 2 aromatic heterocycles. The Morgan fingerprint density at radius 3 is 2.46 bits per heavy atom. The Hall–Kier alpha value is -2.89. The van der Waals surface area contributed by atoms with Gasteiger partial charge in [0.15, 0.2) is 5.65 Å². The van der Waals surface area contributed by atoms with Crippen molar-refractivity contribution in [3.63, 3.8) is 0 Å². The van der Waals surface area contributed by atoms with Crippen molar-refractivity contribution in [3.05, 3.63) is 59.9 Å². The molecule has 6 nitrogen and oxygen atoms in total. The summed E-state index contributed by atoms with van der Waals surface area (Å²) >= 11 is 0. The van der Waals surface area contributed by atoms with Crippen LogP contribution in [-0.4, -0.2) is 51.6 Å². The number of anilines is 1. The molecule has 0 saturated carbocycles. The zero-order valence-electron chi connectivity index (χ0n) is 13.6. The van der Waals surface area contributed by atoms with Crippen molar-refractivity contribution in [3.8, 4) is 0 Å². The molecule has 3 heterocycles. The summed E-state index contributed by atoms with van der Waals surface area (Å²) in [6.07, 6.45) is 3.55. The van der Waals surface area contributed by atoms with Crippen LogP contribution in [0.25, 0.3) is 5.65 Å². The predicted octanol–water partition coefficient (Wildman–Crippen LogP) is 2.00. The average Bonchev–Trinajstić information content (AvgIpc) is 3.11. The van der Waals surface area contributed by atoms with E-state index in [0.717, 1.165) is 35.7 Å². The molecular formula is C18H19N5O. The third-order valence-corrected chi connectivity index (χ3v) is 4.46. The summed E-state index contributed by atoms with van der Waals surface area (Å²) in [6, 6.07) is 11.6. The highest BCUT2D eigenvalue weighted by Gasteiger charge is 2.23. The third-order valence-electron chi connectivity index (χ3n) is 4.46. The first-order valence-electron chi connectivity index (χ1n) is 8.12.